The van der Waals surface area contributed by atoms with Crippen LogP contribution in [0, 0.1) is 17.0 Å². The lowest BCUT2D eigenvalue weighted by Crippen LogP contribution is -2.33. The number of aryl methyl sites for hydroxylation is 1. The van der Waals surface area contributed by atoms with E-state index in [0.29, 0.717) is 16.7 Å². The Bertz CT molecular complexity index is 1200. The molecule has 0 radical (unpaired) electrons. The molecule has 182 valence electrons. The quantitative estimate of drug-likeness (QED) is 0.0987. The fourth-order valence-corrected chi connectivity index (χ4v) is 3.55. The fraction of sp³-hybridized carbons (Fsp3) is 0.500. The van der Waals surface area contributed by atoms with Gasteiger partial charge in [-0.1, -0.05) is 11.2 Å². The van der Waals surface area contributed by atoms with Crippen molar-refractivity contribution in [2.75, 3.05) is 13.4 Å². The third kappa shape index (κ3) is 5.87. The van der Waals surface area contributed by atoms with Gasteiger partial charge in [-0.15, -0.1) is 0 Å². The Morgan fingerprint density at radius 2 is 2.24 bits per heavy atom. The second kappa shape index (κ2) is 11.0. The lowest BCUT2D eigenvalue weighted by molar-refractivity contribution is -0.386. The number of ether oxygens (including phenoxy) is 3. The summed E-state index contributed by atoms with van der Waals surface area (Å²) < 4.78 is 17.9. The molecule has 0 spiro atoms. The van der Waals surface area contributed by atoms with Crippen LogP contribution in [0.15, 0.2) is 39.1 Å². The lowest BCUT2D eigenvalue weighted by Gasteiger charge is -2.18. The molecule has 14 nitrogen and oxygen atoms in total. The molecule has 0 amide bonds. The van der Waals surface area contributed by atoms with Crippen molar-refractivity contribution in [3.63, 3.8) is 0 Å². The van der Waals surface area contributed by atoms with E-state index in [0.717, 1.165) is 0 Å². The SMILES string of the molecule is Cc1cn([C@H]2C[C@@H](O)[C@@H](COCOC(C)c3cc(CN=[N+]=[N-])ccc3[N+](=O)[O-])O2)c(=O)[nH]c1=O. The maximum absolute atomic E-state index is 12.0. The Kier molecular flexibility index (Phi) is 8.15. The van der Waals surface area contributed by atoms with E-state index in [2.05, 4.69) is 15.0 Å². The Balaban J connectivity index is 1.57. The lowest BCUT2D eigenvalue weighted by atomic mass is 10.0. The molecule has 0 bridgehead atoms. The summed E-state index contributed by atoms with van der Waals surface area (Å²) in [4.78, 5) is 39.3. The van der Waals surface area contributed by atoms with E-state index in [9.17, 15) is 24.8 Å². The normalized spacial score (nSPS) is 20.6. The van der Waals surface area contributed by atoms with Crippen molar-refractivity contribution in [1.82, 2.24) is 9.55 Å². The number of H-pyrrole nitrogens is 1. The van der Waals surface area contributed by atoms with Crippen LogP contribution in [0.5, 0.6) is 0 Å². The number of nitro benzene ring substituents is 1. The molecule has 0 saturated carbocycles. The molecule has 1 aromatic heterocycles. The van der Waals surface area contributed by atoms with Crippen LogP contribution in [-0.2, 0) is 20.8 Å². The van der Waals surface area contributed by atoms with Crippen LogP contribution in [0.25, 0.3) is 10.4 Å². The molecule has 3 rings (SSSR count). The minimum absolute atomic E-state index is 0.0424. The van der Waals surface area contributed by atoms with Gasteiger partial charge in [0, 0.05) is 29.2 Å². The van der Waals surface area contributed by atoms with Crippen molar-refractivity contribution < 1.29 is 24.2 Å². The topological polar surface area (TPSA) is 195 Å². The van der Waals surface area contributed by atoms with Crippen LogP contribution in [0.2, 0.25) is 0 Å². The first-order chi connectivity index (χ1) is 16.2. The zero-order valence-electron chi connectivity index (χ0n) is 18.5. The molecule has 4 atom stereocenters. The largest absolute Gasteiger partial charge is 0.390 e. The Morgan fingerprint density at radius 3 is 2.94 bits per heavy atom. The number of aromatic nitrogens is 2. The number of aliphatic hydroxyl groups excluding tert-OH is 1. The Hall–Kier alpha value is -3.55. The minimum Gasteiger partial charge on any atom is -0.390 e. The monoisotopic (exact) mass is 476 g/mol. The Labute approximate surface area is 192 Å². The molecule has 1 aromatic carbocycles. The van der Waals surface area contributed by atoms with Gasteiger partial charge in [-0.05, 0) is 31.0 Å². The standard InChI is InChI=1S/C20H24N6O8/c1-11-8-25(20(29)23-19(11)28)18-6-16(27)17(34-18)9-32-10-33-12(2)14-5-13(7-22-24-21)3-4-15(14)26(30)31/h3-5,8,12,16-18,27H,6-7,9-10H2,1-2H3,(H,23,28,29)/t12?,16-,17-,18-/m1/s1. The zero-order chi connectivity index (χ0) is 24.8. The van der Waals surface area contributed by atoms with Gasteiger partial charge in [-0.25, -0.2) is 4.79 Å². The highest BCUT2D eigenvalue weighted by atomic mass is 16.7. The van der Waals surface area contributed by atoms with Crippen LogP contribution in [0.1, 0.15) is 42.4 Å². The molecule has 2 heterocycles. The number of nitro groups is 1. The molecular weight excluding hydrogens is 452 g/mol. The average molecular weight is 476 g/mol. The van der Waals surface area contributed by atoms with Gasteiger partial charge in [-0.3, -0.25) is 24.5 Å². The first-order valence-electron chi connectivity index (χ1n) is 10.3. The van der Waals surface area contributed by atoms with Gasteiger partial charge in [0.05, 0.1) is 35.8 Å². The molecule has 14 heteroatoms. The summed E-state index contributed by atoms with van der Waals surface area (Å²) in [6.07, 6.45) is -1.65. The van der Waals surface area contributed by atoms with Crippen LogP contribution < -0.4 is 11.2 Å². The van der Waals surface area contributed by atoms with Crippen LogP contribution in [0.4, 0.5) is 5.69 Å². The molecule has 1 saturated heterocycles. The van der Waals surface area contributed by atoms with E-state index in [-0.39, 0.29) is 32.1 Å². The molecule has 2 aromatic rings. The average Bonchev–Trinajstić information content (AvgIpc) is 3.17. The molecule has 1 aliphatic heterocycles. The van der Waals surface area contributed by atoms with E-state index in [1.54, 1.807) is 13.8 Å². The maximum atomic E-state index is 12.0. The summed E-state index contributed by atoms with van der Waals surface area (Å²) in [5, 5.41) is 25.1. The number of rotatable bonds is 10. The number of nitrogens with one attached hydrogen (secondary N) is 1. The van der Waals surface area contributed by atoms with E-state index in [4.69, 9.17) is 19.7 Å². The van der Waals surface area contributed by atoms with Crippen molar-refractivity contribution in [2.24, 2.45) is 5.11 Å². The smallest absolute Gasteiger partial charge is 0.330 e. The highest BCUT2D eigenvalue weighted by Crippen LogP contribution is 2.30. The van der Waals surface area contributed by atoms with Gasteiger partial charge in [0.15, 0.2) is 0 Å². The molecule has 1 unspecified atom stereocenters. The van der Waals surface area contributed by atoms with Crippen molar-refractivity contribution in [3.05, 3.63) is 82.5 Å². The van der Waals surface area contributed by atoms with Crippen LogP contribution >= 0.6 is 0 Å². The predicted molar refractivity (Wildman–Crippen MR) is 117 cm³/mol. The number of aromatic amines is 1. The summed E-state index contributed by atoms with van der Waals surface area (Å²) in [6.45, 7) is 2.91. The number of benzene rings is 1. The predicted octanol–water partition coefficient (Wildman–Crippen LogP) is 1.96. The van der Waals surface area contributed by atoms with Crippen LogP contribution in [0.3, 0.4) is 0 Å². The number of azide groups is 1. The summed E-state index contributed by atoms with van der Waals surface area (Å²) >= 11 is 0. The summed E-state index contributed by atoms with van der Waals surface area (Å²) in [6, 6.07) is 4.36. The number of aliphatic hydroxyl groups is 1. The van der Waals surface area contributed by atoms with Gasteiger partial charge in [0.25, 0.3) is 11.2 Å². The summed E-state index contributed by atoms with van der Waals surface area (Å²) in [5.74, 6) is 0. The molecule has 0 aliphatic carbocycles. The third-order valence-corrected chi connectivity index (χ3v) is 5.39. The van der Waals surface area contributed by atoms with E-state index in [1.165, 1.54) is 29.0 Å². The highest BCUT2D eigenvalue weighted by Gasteiger charge is 2.35. The summed E-state index contributed by atoms with van der Waals surface area (Å²) in [5.41, 5.74) is 8.41. The molecule has 34 heavy (non-hydrogen) atoms. The zero-order valence-corrected chi connectivity index (χ0v) is 18.5. The first-order valence-corrected chi connectivity index (χ1v) is 10.3. The maximum Gasteiger partial charge on any atom is 0.330 e. The van der Waals surface area contributed by atoms with Crippen LogP contribution in [-0.4, -0.2) is 45.2 Å². The minimum atomic E-state index is -0.917. The van der Waals surface area contributed by atoms with Crippen molar-refractivity contribution in [3.8, 4) is 0 Å². The van der Waals surface area contributed by atoms with Crippen molar-refractivity contribution in [2.45, 2.75) is 51.4 Å². The number of hydrogen-bond acceptors (Lipinski definition) is 9. The van der Waals surface area contributed by atoms with Gasteiger partial charge in [0.1, 0.15) is 19.1 Å². The van der Waals surface area contributed by atoms with Crippen molar-refractivity contribution in [1.29, 1.82) is 0 Å². The number of nitrogens with zero attached hydrogens (tertiary/aromatic N) is 5. The van der Waals surface area contributed by atoms with E-state index >= 15 is 0 Å². The highest BCUT2D eigenvalue weighted by molar-refractivity contribution is 5.44. The van der Waals surface area contributed by atoms with Gasteiger partial charge in [-0.2, -0.15) is 0 Å². The second-order valence-electron chi connectivity index (χ2n) is 7.75. The van der Waals surface area contributed by atoms with Gasteiger partial charge >= 0.3 is 5.69 Å². The van der Waals surface area contributed by atoms with E-state index < -0.39 is 40.7 Å². The third-order valence-electron chi connectivity index (χ3n) is 5.39. The second-order valence-corrected chi connectivity index (χ2v) is 7.75. The van der Waals surface area contributed by atoms with Crippen molar-refractivity contribution >= 4 is 5.69 Å². The first kappa shape index (κ1) is 25.1. The van der Waals surface area contributed by atoms with Gasteiger partial charge < -0.3 is 19.3 Å². The molecular formula is C20H24N6O8. The summed E-state index contributed by atoms with van der Waals surface area (Å²) in [7, 11) is 0. The van der Waals surface area contributed by atoms with E-state index in [1.807, 2.05) is 0 Å². The number of hydrogen-bond donors (Lipinski definition) is 2. The molecule has 2 N–H and O–H groups in total. The Morgan fingerprint density at radius 1 is 1.47 bits per heavy atom. The molecule has 1 aliphatic rings. The van der Waals surface area contributed by atoms with Gasteiger partial charge in [0.2, 0.25) is 0 Å². The fourth-order valence-electron chi connectivity index (χ4n) is 3.55. The molecule has 1 fully saturated rings.